The Hall–Kier alpha value is -2.40. The molecule has 0 aliphatic heterocycles. The van der Waals surface area contributed by atoms with E-state index in [0.717, 1.165) is 4.88 Å². The van der Waals surface area contributed by atoms with E-state index in [1.807, 2.05) is 17.5 Å². The molecule has 0 aliphatic rings. The van der Waals surface area contributed by atoms with Crippen LogP contribution in [0.15, 0.2) is 53.4 Å². The predicted octanol–water partition coefficient (Wildman–Crippen LogP) is 3.17. The third-order valence-corrected chi connectivity index (χ3v) is 3.77. The van der Waals surface area contributed by atoms with Gasteiger partial charge < -0.3 is 9.84 Å². The normalized spacial score (nSPS) is 12.7. The molecule has 0 aliphatic carbocycles. The van der Waals surface area contributed by atoms with Crippen LogP contribution >= 0.6 is 11.3 Å². The van der Waals surface area contributed by atoms with E-state index >= 15 is 0 Å². The highest BCUT2D eigenvalue weighted by atomic mass is 32.1. The van der Waals surface area contributed by atoms with Gasteiger partial charge in [0, 0.05) is 4.88 Å². The molecule has 0 bridgehead atoms. The van der Waals surface area contributed by atoms with Crippen molar-refractivity contribution < 1.29 is 19.4 Å². The van der Waals surface area contributed by atoms with Crippen LogP contribution in [0.2, 0.25) is 0 Å². The lowest BCUT2D eigenvalue weighted by molar-refractivity contribution is -0.142. The van der Waals surface area contributed by atoms with Crippen LogP contribution in [0.1, 0.15) is 16.4 Å². The van der Waals surface area contributed by atoms with Crippen LogP contribution in [-0.4, -0.2) is 24.2 Å². The van der Waals surface area contributed by atoms with E-state index in [4.69, 9.17) is 4.74 Å². The van der Waals surface area contributed by atoms with Gasteiger partial charge in [-0.1, -0.05) is 36.4 Å². The van der Waals surface area contributed by atoms with Crippen molar-refractivity contribution in [2.75, 3.05) is 7.11 Å². The molecule has 0 radical (unpaired) electrons. The lowest BCUT2D eigenvalue weighted by atomic mass is 9.90. The molecule has 1 aromatic heterocycles. The van der Waals surface area contributed by atoms with Gasteiger partial charge in [-0.3, -0.25) is 4.79 Å². The van der Waals surface area contributed by atoms with Crippen LogP contribution < -0.4 is 0 Å². The number of carbonyl (C=O) groups is 2. The zero-order valence-corrected chi connectivity index (χ0v) is 12.2. The predicted molar refractivity (Wildman–Crippen MR) is 81.1 cm³/mol. The number of carbonyl (C=O) groups excluding carboxylic acids is 1. The molecule has 0 saturated heterocycles. The molecule has 0 saturated carbocycles. The van der Waals surface area contributed by atoms with Gasteiger partial charge in [0.15, 0.2) is 0 Å². The van der Waals surface area contributed by atoms with Gasteiger partial charge in [-0.2, -0.15) is 0 Å². The zero-order chi connectivity index (χ0) is 15.2. The number of aliphatic carboxylic acids is 1. The van der Waals surface area contributed by atoms with Gasteiger partial charge in [-0.15, -0.1) is 11.3 Å². The molecule has 0 fully saturated rings. The van der Waals surface area contributed by atoms with Crippen molar-refractivity contribution in [3.05, 3.63) is 63.9 Å². The Morgan fingerprint density at radius 3 is 2.43 bits per heavy atom. The van der Waals surface area contributed by atoms with Gasteiger partial charge >= 0.3 is 11.9 Å². The quantitative estimate of drug-likeness (QED) is 0.680. The summed E-state index contributed by atoms with van der Waals surface area (Å²) < 4.78 is 4.75. The molecule has 1 heterocycles. The first kappa shape index (κ1) is 15.0. The summed E-state index contributed by atoms with van der Waals surface area (Å²) in [5.74, 6) is -2.78. The molecule has 108 valence electrons. The fourth-order valence-electron chi connectivity index (χ4n) is 2.01. The van der Waals surface area contributed by atoms with E-state index in [1.54, 1.807) is 36.4 Å². The number of carboxylic acid groups (broad SMARTS) is 1. The molecule has 1 atom stereocenters. The number of rotatable bonds is 5. The van der Waals surface area contributed by atoms with Crippen LogP contribution in [0.4, 0.5) is 0 Å². The summed E-state index contributed by atoms with van der Waals surface area (Å²) >= 11 is 1.43. The summed E-state index contributed by atoms with van der Waals surface area (Å²) in [6, 6.07) is 12.3. The van der Waals surface area contributed by atoms with Crippen molar-refractivity contribution >= 4 is 29.4 Å². The number of hydrogen-bond acceptors (Lipinski definition) is 4. The first-order chi connectivity index (χ1) is 10.1. The Bertz CT molecular complexity index is 644. The van der Waals surface area contributed by atoms with Gasteiger partial charge in [0.05, 0.1) is 12.7 Å². The largest absolute Gasteiger partial charge is 0.481 e. The highest BCUT2D eigenvalue weighted by molar-refractivity contribution is 7.10. The third kappa shape index (κ3) is 3.58. The number of esters is 1. The molecule has 1 N–H and O–H groups in total. The topological polar surface area (TPSA) is 63.6 Å². The smallest absolute Gasteiger partial charge is 0.335 e. The van der Waals surface area contributed by atoms with Crippen LogP contribution in [0.25, 0.3) is 6.08 Å². The summed E-state index contributed by atoms with van der Waals surface area (Å²) in [6.07, 6.45) is 1.57. The van der Waals surface area contributed by atoms with Gasteiger partial charge in [-0.05, 0) is 23.1 Å². The number of thiophene rings is 1. The maximum Gasteiger partial charge on any atom is 0.335 e. The molecule has 0 amide bonds. The fourth-order valence-corrected chi connectivity index (χ4v) is 2.67. The summed E-state index contributed by atoms with van der Waals surface area (Å²) in [6.45, 7) is 0. The standard InChI is InChI=1S/C16H14O4S/c1-20-16(19)13(10-12-8-5-9-21-12)14(15(17)18)11-6-3-2-4-7-11/h2-10,14H,1H3,(H,17,18)/b13-10-. The average molecular weight is 302 g/mol. The van der Waals surface area contributed by atoms with Crippen molar-refractivity contribution in [1.29, 1.82) is 0 Å². The Morgan fingerprint density at radius 2 is 1.90 bits per heavy atom. The van der Waals surface area contributed by atoms with E-state index in [1.165, 1.54) is 18.4 Å². The Labute approximate surface area is 126 Å². The number of carboxylic acids is 1. The second-order valence-electron chi connectivity index (χ2n) is 4.29. The van der Waals surface area contributed by atoms with Crippen molar-refractivity contribution in [1.82, 2.24) is 0 Å². The SMILES string of the molecule is COC(=O)/C(=C\c1cccs1)C(C(=O)O)c1ccccc1. The van der Waals surface area contributed by atoms with E-state index in [9.17, 15) is 14.7 Å². The summed E-state index contributed by atoms with van der Waals surface area (Å²) in [4.78, 5) is 24.5. The summed E-state index contributed by atoms with van der Waals surface area (Å²) in [5, 5.41) is 11.4. The van der Waals surface area contributed by atoms with Crippen molar-refractivity contribution in [2.45, 2.75) is 5.92 Å². The van der Waals surface area contributed by atoms with Crippen LogP contribution in [0.5, 0.6) is 0 Å². The maximum absolute atomic E-state index is 12.0. The Balaban J connectivity index is 2.51. The molecule has 5 heteroatoms. The van der Waals surface area contributed by atoms with Crippen molar-refractivity contribution in [2.24, 2.45) is 0 Å². The molecule has 0 spiro atoms. The van der Waals surface area contributed by atoms with Gasteiger partial charge in [-0.25, -0.2) is 4.79 Å². The van der Waals surface area contributed by atoms with Crippen LogP contribution in [0, 0.1) is 0 Å². The molecule has 1 unspecified atom stereocenters. The highest BCUT2D eigenvalue weighted by Crippen LogP contribution is 2.28. The molecule has 1 aromatic carbocycles. The van der Waals surface area contributed by atoms with Gasteiger partial charge in [0.1, 0.15) is 5.92 Å². The summed E-state index contributed by atoms with van der Waals surface area (Å²) in [7, 11) is 1.24. The van der Waals surface area contributed by atoms with Crippen LogP contribution in [0.3, 0.4) is 0 Å². The average Bonchev–Trinajstić information content (AvgIpc) is 2.99. The van der Waals surface area contributed by atoms with Crippen LogP contribution in [-0.2, 0) is 14.3 Å². The van der Waals surface area contributed by atoms with E-state index in [0.29, 0.717) is 5.56 Å². The second-order valence-corrected chi connectivity index (χ2v) is 5.27. The highest BCUT2D eigenvalue weighted by Gasteiger charge is 2.29. The lowest BCUT2D eigenvalue weighted by Crippen LogP contribution is -2.20. The minimum Gasteiger partial charge on any atom is -0.481 e. The minimum atomic E-state index is -1.09. The number of ether oxygens (including phenoxy) is 1. The van der Waals surface area contributed by atoms with E-state index in [2.05, 4.69) is 0 Å². The molecule has 21 heavy (non-hydrogen) atoms. The molecule has 4 nitrogen and oxygen atoms in total. The minimum absolute atomic E-state index is 0.110. The Kier molecular flexibility index (Phi) is 4.90. The zero-order valence-electron chi connectivity index (χ0n) is 11.4. The summed E-state index contributed by atoms with van der Waals surface area (Å²) in [5.41, 5.74) is 0.650. The van der Waals surface area contributed by atoms with Gasteiger partial charge in [0.2, 0.25) is 0 Å². The van der Waals surface area contributed by atoms with Gasteiger partial charge in [0.25, 0.3) is 0 Å². The van der Waals surface area contributed by atoms with E-state index in [-0.39, 0.29) is 5.57 Å². The third-order valence-electron chi connectivity index (χ3n) is 2.95. The first-order valence-corrected chi connectivity index (χ1v) is 7.12. The monoisotopic (exact) mass is 302 g/mol. The van der Waals surface area contributed by atoms with Crippen molar-refractivity contribution in [3.63, 3.8) is 0 Å². The molecule has 2 rings (SSSR count). The number of methoxy groups -OCH3 is 1. The number of benzene rings is 1. The van der Waals surface area contributed by atoms with E-state index < -0.39 is 17.9 Å². The lowest BCUT2D eigenvalue weighted by Gasteiger charge is -2.15. The van der Waals surface area contributed by atoms with Crippen molar-refractivity contribution in [3.8, 4) is 0 Å². The molecular weight excluding hydrogens is 288 g/mol. The number of hydrogen-bond donors (Lipinski definition) is 1. The first-order valence-electron chi connectivity index (χ1n) is 6.24. The molecular formula is C16H14O4S. The molecule has 2 aromatic rings. The maximum atomic E-state index is 12.0. The fraction of sp³-hybridized carbons (Fsp3) is 0.125. The Morgan fingerprint density at radius 1 is 1.19 bits per heavy atom. The second kappa shape index (κ2) is 6.85.